The lowest BCUT2D eigenvalue weighted by Crippen LogP contribution is -2.40. The SMILES string of the molecule is CN(CCNC(=O)Nc1cccc(-c2nnco2)c1)C1CCCCC1. The van der Waals surface area contributed by atoms with E-state index < -0.39 is 0 Å². The van der Waals surface area contributed by atoms with Gasteiger partial charge in [-0.25, -0.2) is 4.79 Å². The molecule has 1 heterocycles. The Bertz CT molecular complexity index is 668. The number of nitrogens with zero attached hydrogens (tertiary/aromatic N) is 3. The van der Waals surface area contributed by atoms with Crippen molar-refractivity contribution in [2.24, 2.45) is 0 Å². The molecule has 1 aromatic heterocycles. The Morgan fingerprint density at radius 2 is 2.16 bits per heavy atom. The van der Waals surface area contributed by atoms with E-state index in [1.165, 1.54) is 38.5 Å². The number of anilines is 1. The molecule has 1 aromatic carbocycles. The van der Waals surface area contributed by atoms with Crippen molar-refractivity contribution in [1.82, 2.24) is 20.4 Å². The lowest BCUT2D eigenvalue weighted by Gasteiger charge is -2.31. The molecule has 1 fully saturated rings. The Kier molecular flexibility index (Phi) is 6.00. The molecule has 2 aromatic rings. The molecular weight excluding hydrogens is 318 g/mol. The largest absolute Gasteiger partial charge is 0.423 e. The van der Waals surface area contributed by atoms with Gasteiger partial charge >= 0.3 is 6.03 Å². The van der Waals surface area contributed by atoms with Crippen molar-refractivity contribution in [3.63, 3.8) is 0 Å². The monoisotopic (exact) mass is 343 g/mol. The third-order valence-electron chi connectivity index (χ3n) is 4.68. The molecular formula is C18H25N5O2. The minimum atomic E-state index is -0.209. The smallest absolute Gasteiger partial charge is 0.319 e. The average molecular weight is 343 g/mol. The van der Waals surface area contributed by atoms with Crippen LogP contribution in [0.1, 0.15) is 32.1 Å². The summed E-state index contributed by atoms with van der Waals surface area (Å²) in [6.07, 6.45) is 7.81. The molecule has 2 amide bonds. The molecule has 0 bridgehead atoms. The molecule has 1 aliphatic carbocycles. The summed E-state index contributed by atoms with van der Waals surface area (Å²) < 4.78 is 5.17. The van der Waals surface area contributed by atoms with Crippen molar-refractivity contribution in [3.05, 3.63) is 30.7 Å². The van der Waals surface area contributed by atoms with Crippen LogP contribution in [-0.2, 0) is 0 Å². The number of carbonyl (C=O) groups is 1. The Morgan fingerprint density at radius 3 is 2.92 bits per heavy atom. The molecule has 1 saturated carbocycles. The van der Waals surface area contributed by atoms with Crippen LogP contribution >= 0.6 is 0 Å². The zero-order chi connectivity index (χ0) is 17.5. The Labute approximate surface area is 147 Å². The van der Waals surface area contributed by atoms with Crippen LogP contribution in [0.4, 0.5) is 10.5 Å². The third-order valence-corrected chi connectivity index (χ3v) is 4.68. The summed E-state index contributed by atoms with van der Waals surface area (Å²) in [6.45, 7) is 1.49. The first-order chi connectivity index (χ1) is 12.2. The van der Waals surface area contributed by atoms with E-state index in [9.17, 15) is 4.79 Å². The second-order valence-corrected chi connectivity index (χ2v) is 6.48. The van der Waals surface area contributed by atoms with Crippen molar-refractivity contribution >= 4 is 11.7 Å². The molecule has 0 radical (unpaired) electrons. The summed E-state index contributed by atoms with van der Waals surface area (Å²) >= 11 is 0. The minimum Gasteiger partial charge on any atom is -0.423 e. The molecule has 0 unspecified atom stereocenters. The first-order valence-electron chi connectivity index (χ1n) is 8.84. The second-order valence-electron chi connectivity index (χ2n) is 6.48. The topological polar surface area (TPSA) is 83.3 Å². The second kappa shape index (κ2) is 8.62. The van der Waals surface area contributed by atoms with E-state index in [2.05, 4.69) is 32.8 Å². The van der Waals surface area contributed by atoms with E-state index in [4.69, 9.17) is 4.42 Å². The summed E-state index contributed by atoms with van der Waals surface area (Å²) in [5, 5.41) is 13.3. The van der Waals surface area contributed by atoms with Gasteiger partial charge < -0.3 is 20.0 Å². The highest BCUT2D eigenvalue weighted by atomic mass is 16.4. The molecule has 25 heavy (non-hydrogen) atoms. The van der Waals surface area contributed by atoms with Crippen molar-refractivity contribution in [1.29, 1.82) is 0 Å². The summed E-state index contributed by atoms with van der Waals surface area (Å²) in [5.74, 6) is 0.429. The van der Waals surface area contributed by atoms with Gasteiger partial charge in [0, 0.05) is 30.4 Å². The van der Waals surface area contributed by atoms with Crippen LogP contribution in [0.5, 0.6) is 0 Å². The Hall–Kier alpha value is -2.41. The number of rotatable bonds is 6. The van der Waals surface area contributed by atoms with Crippen LogP contribution in [0.25, 0.3) is 11.5 Å². The van der Waals surface area contributed by atoms with Gasteiger partial charge in [-0.3, -0.25) is 0 Å². The van der Waals surface area contributed by atoms with Gasteiger partial charge in [0.25, 0.3) is 0 Å². The van der Waals surface area contributed by atoms with Crippen LogP contribution < -0.4 is 10.6 Å². The van der Waals surface area contributed by atoms with Crippen molar-refractivity contribution in [3.8, 4) is 11.5 Å². The molecule has 7 nitrogen and oxygen atoms in total. The third kappa shape index (κ3) is 5.03. The predicted octanol–water partition coefficient (Wildman–Crippen LogP) is 3.12. The van der Waals surface area contributed by atoms with Crippen molar-refractivity contribution in [2.45, 2.75) is 38.1 Å². The van der Waals surface area contributed by atoms with Crippen molar-refractivity contribution < 1.29 is 9.21 Å². The number of carbonyl (C=O) groups excluding carboxylic acids is 1. The average Bonchev–Trinajstić information content (AvgIpc) is 3.17. The lowest BCUT2D eigenvalue weighted by molar-refractivity contribution is 0.192. The van der Waals surface area contributed by atoms with Gasteiger partial charge in [-0.1, -0.05) is 25.3 Å². The highest BCUT2D eigenvalue weighted by Crippen LogP contribution is 2.21. The maximum Gasteiger partial charge on any atom is 0.319 e. The van der Waals surface area contributed by atoms with Crippen LogP contribution in [0.15, 0.2) is 35.1 Å². The van der Waals surface area contributed by atoms with E-state index in [-0.39, 0.29) is 6.03 Å². The van der Waals surface area contributed by atoms with Gasteiger partial charge in [0.15, 0.2) is 0 Å². The molecule has 7 heteroatoms. The number of aromatic nitrogens is 2. The summed E-state index contributed by atoms with van der Waals surface area (Å²) in [6, 6.07) is 7.78. The van der Waals surface area contributed by atoms with Gasteiger partial charge in [-0.05, 0) is 38.1 Å². The van der Waals surface area contributed by atoms with Crippen LogP contribution in [0.3, 0.4) is 0 Å². The molecule has 3 rings (SSSR count). The number of urea groups is 1. The van der Waals surface area contributed by atoms with Crippen LogP contribution in [-0.4, -0.2) is 47.3 Å². The number of hydrogen-bond acceptors (Lipinski definition) is 5. The Morgan fingerprint density at radius 1 is 1.32 bits per heavy atom. The quantitative estimate of drug-likeness (QED) is 0.842. The van der Waals surface area contributed by atoms with E-state index >= 15 is 0 Å². The van der Waals surface area contributed by atoms with Gasteiger partial charge in [0.05, 0.1) is 0 Å². The van der Waals surface area contributed by atoms with Gasteiger partial charge in [0.2, 0.25) is 12.3 Å². The summed E-state index contributed by atoms with van der Waals surface area (Å²) in [7, 11) is 2.14. The van der Waals surface area contributed by atoms with Gasteiger partial charge in [-0.15, -0.1) is 10.2 Å². The van der Waals surface area contributed by atoms with Crippen LogP contribution in [0.2, 0.25) is 0 Å². The van der Waals surface area contributed by atoms with E-state index in [1.807, 2.05) is 18.2 Å². The fourth-order valence-corrected chi connectivity index (χ4v) is 3.25. The molecule has 0 spiro atoms. The highest BCUT2D eigenvalue weighted by Gasteiger charge is 2.17. The molecule has 2 N–H and O–H groups in total. The first-order valence-corrected chi connectivity index (χ1v) is 8.84. The number of benzene rings is 1. The zero-order valence-electron chi connectivity index (χ0n) is 14.6. The lowest BCUT2D eigenvalue weighted by atomic mass is 9.94. The molecule has 134 valence electrons. The Balaban J connectivity index is 1.44. The number of amides is 2. The first kappa shape index (κ1) is 17.4. The fraction of sp³-hybridized carbons (Fsp3) is 0.500. The molecule has 0 saturated heterocycles. The normalized spacial score (nSPS) is 15.3. The maximum atomic E-state index is 12.1. The number of nitrogens with one attached hydrogen (secondary N) is 2. The summed E-state index contributed by atoms with van der Waals surface area (Å²) in [5.41, 5.74) is 1.46. The number of hydrogen-bond donors (Lipinski definition) is 2. The number of likely N-dealkylation sites (N-methyl/N-ethyl adjacent to an activating group) is 1. The highest BCUT2D eigenvalue weighted by molar-refractivity contribution is 5.89. The van der Waals surface area contributed by atoms with Gasteiger partial charge in [0.1, 0.15) is 0 Å². The van der Waals surface area contributed by atoms with E-state index in [0.717, 1.165) is 12.1 Å². The maximum absolute atomic E-state index is 12.1. The van der Waals surface area contributed by atoms with E-state index in [1.54, 1.807) is 6.07 Å². The molecule has 0 aliphatic heterocycles. The molecule has 1 aliphatic rings. The van der Waals surface area contributed by atoms with Crippen molar-refractivity contribution in [2.75, 3.05) is 25.5 Å². The van der Waals surface area contributed by atoms with E-state index in [0.29, 0.717) is 24.2 Å². The summed E-state index contributed by atoms with van der Waals surface area (Å²) in [4.78, 5) is 14.4. The standard InChI is InChI=1S/C18H25N5O2/c1-23(16-8-3-2-4-9-16)11-10-19-18(24)21-15-7-5-6-14(12-15)17-22-20-13-25-17/h5-7,12-13,16H,2-4,8-11H2,1H3,(H2,19,21,24). The fourth-order valence-electron chi connectivity index (χ4n) is 3.25. The molecule has 0 atom stereocenters. The predicted molar refractivity (Wildman–Crippen MR) is 96.3 cm³/mol. The van der Waals surface area contributed by atoms with Gasteiger partial charge in [-0.2, -0.15) is 0 Å². The zero-order valence-corrected chi connectivity index (χ0v) is 14.6. The minimum absolute atomic E-state index is 0.209. The van der Waals surface area contributed by atoms with Crippen LogP contribution in [0, 0.1) is 0 Å².